The molecule has 1 fully saturated rings. The van der Waals surface area contributed by atoms with E-state index in [-0.39, 0.29) is 5.82 Å². The third-order valence-electron chi connectivity index (χ3n) is 3.99. The Morgan fingerprint density at radius 1 is 1.32 bits per heavy atom. The summed E-state index contributed by atoms with van der Waals surface area (Å²) in [5, 5.41) is 3.46. The van der Waals surface area contributed by atoms with Gasteiger partial charge in [-0.3, -0.25) is 4.90 Å². The van der Waals surface area contributed by atoms with Crippen molar-refractivity contribution in [2.75, 3.05) is 40.3 Å². The minimum Gasteiger partial charge on any atom is -0.311 e. The summed E-state index contributed by atoms with van der Waals surface area (Å²) >= 11 is 0. The first kappa shape index (κ1) is 14.4. The van der Waals surface area contributed by atoms with Crippen molar-refractivity contribution in [3.05, 3.63) is 35.1 Å². The van der Waals surface area contributed by atoms with Crippen LogP contribution >= 0.6 is 0 Å². The maximum Gasteiger partial charge on any atom is 0.123 e. The van der Waals surface area contributed by atoms with Crippen molar-refractivity contribution in [3.8, 4) is 0 Å². The molecule has 0 aliphatic carbocycles. The molecule has 1 aliphatic rings. The summed E-state index contributed by atoms with van der Waals surface area (Å²) in [5.41, 5.74) is 2.19. The number of halogens is 1. The number of nitrogens with one attached hydrogen (secondary N) is 1. The summed E-state index contributed by atoms with van der Waals surface area (Å²) in [5.74, 6) is -0.156. The first-order valence-corrected chi connectivity index (χ1v) is 6.91. The van der Waals surface area contributed by atoms with E-state index in [0.29, 0.717) is 6.04 Å². The molecule has 0 spiro atoms. The molecule has 1 atom stereocenters. The Morgan fingerprint density at radius 3 is 2.89 bits per heavy atom. The first-order valence-electron chi connectivity index (χ1n) is 6.91. The third kappa shape index (κ3) is 4.00. The monoisotopic (exact) mass is 265 g/mol. The molecule has 0 unspecified atom stereocenters. The Morgan fingerprint density at radius 2 is 2.11 bits per heavy atom. The molecule has 1 aromatic rings. The molecule has 0 bridgehead atoms. The fraction of sp³-hybridized carbons (Fsp3) is 0.600. The van der Waals surface area contributed by atoms with Crippen LogP contribution in [0.2, 0.25) is 0 Å². The zero-order valence-corrected chi connectivity index (χ0v) is 12.1. The van der Waals surface area contributed by atoms with E-state index in [9.17, 15) is 4.39 Å². The molecule has 0 aromatic heterocycles. The van der Waals surface area contributed by atoms with E-state index in [0.717, 1.165) is 43.9 Å². The molecule has 3 nitrogen and oxygen atoms in total. The number of aryl methyl sites for hydroxylation is 1. The lowest BCUT2D eigenvalue weighted by atomic mass is 10.1. The van der Waals surface area contributed by atoms with E-state index in [1.54, 1.807) is 6.07 Å². The van der Waals surface area contributed by atoms with E-state index in [2.05, 4.69) is 29.2 Å². The predicted octanol–water partition coefficient (Wildman–Crippen LogP) is 1.47. The largest absolute Gasteiger partial charge is 0.311 e. The van der Waals surface area contributed by atoms with Crippen LogP contribution in [0.1, 0.15) is 11.1 Å². The highest BCUT2D eigenvalue weighted by Gasteiger charge is 2.21. The van der Waals surface area contributed by atoms with E-state index in [4.69, 9.17) is 0 Å². The third-order valence-corrected chi connectivity index (χ3v) is 3.99. The molecular formula is C15H24FN3. The lowest BCUT2D eigenvalue weighted by Crippen LogP contribution is -2.53. The molecule has 1 N–H and O–H groups in total. The van der Waals surface area contributed by atoms with E-state index in [1.807, 2.05) is 13.0 Å². The van der Waals surface area contributed by atoms with Gasteiger partial charge in [-0.2, -0.15) is 0 Å². The summed E-state index contributed by atoms with van der Waals surface area (Å²) in [4.78, 5) is 4.76. The number of hydrogen-bond acceptors (Lipinski definition) is 3. The van der Waals surface area contributed by atoms with Crippen LogP contribution in [0.5, 0.6) is 0 Å². The smallest absolute Gasteiger partial charge is 0.123 e. The van der Waals surface area contributed by atoms with E-state index < -0.39 is 0 Å². The molecule has 4 heteroatoms. The van der Waals surface area contributed by atoms with Gasteiger partial charge in [0.2, 0.25) is 0 Å². The molecule has 19 heavy (non-hydrogen) atoms. The Balaban J connectivity index is 1.84. The quantitative estimate of drug-likeness (QED) is 0.889. The van der Waals surface area contributed by atoms with Crippen LogP contribution in [0.3, 0.4) is 0 Å². The first-order chi connectivity index (χ1) is 9.06. The fourth-order valence-corrected chi connectivity index (χ4v) is 2.53. The van der Waals surface area contributed by atoms with Gasteiger partial charge in [0.25, 0.3) is 0 Å². The molecule has 1 saturated heterocycles. The molecular weight excluding hydrogens is 241 g/mol. The Labute approximate surface area is 115 Å². The molecule has 1 aliphatic heterocycles. The van der Waals surface area contributed by atoms with Crippen LogP contribution in [0.15, 0.2) is 18.2 Å². The predicted molar refractivity (Wildman–Crippen MR) is 76.8 cm³/mol. The number of nitrogens with zero attached hydrogens (tertiary/aromatic N) is 2. The van der Waals surface area contributed by atoms with Gasteiger partial charge in [0.05, 0.1) is 0 Å². The summed E-state index contributed by atoms with van der Waals surface area (Å²) in [6.45, 7) is 7.04. The second kappa shape index (κ2) is 6.46. The lowest BCUT2D eigenvalue weighted by Gasteiger charge is -2.37. The molecule has 1 aromatic carbocycles. The van der Waals surface area contributed by atoms with Crippen molar-refractivity contribution in [1.29, 1.82) is 0 Å². The average molecular weight is 265 g/mol. The van der Waals surface area contributed by atoms with Crippen molar-refractivity contribution in [1.82, 2.24) is 15.1 Å². The van der Waals surface area contributed by atoms with Crippen molar-refractivity contribution in [3.63, 3.8) is 0 Å². The van der Waals surface area contributed by atoms with Gasteiger partial charge >= 0.3 is 0 Å². The second-order valence-corrected chi connectivity index (χ2v) is 5.60. The summed E-state index contributed by atoms with van der Waals surface area (Å²) in [6, 6.07) is 5.52. The minimum atomic E-state index is -0.156. The topological polar surface area (TPSA) is 18.5 Å². The SMILES string of the molecule is Cc1ccc(F)cc1CNC[C@@H]1CN(C)CCN1C. The van der Waals surface area contributed by atoms with Gasteiger partial charge in [-0.25, -0.2) is 4.39 Å². The van der Waals surface area contributed by atoms with Crippen LogP contribution in [-0.4, -0.2) is 56.1 Å². The van der Waals surface area contributed by atoms with E-state index >= 15 is 0 Å². The molecule has 2 rings (SSSR count). The number of likely N-dealkylation sites (N-methyl/N-ethyl adjacent to an activating group) is 2. The normalized spacial score (nSPS) is 21.8. The van der Waals surface area contributed by atoms with Gasteiger partial charge in [-0.05, 0) is 44.3 Å². The van der Waals surface area contributed by atoms with Gasteiger partial charge < -0.3 is 10.2 Å². The van der Waals surface area contributed by atoms with Crippen LogP contribution in [0, 0.1) is 12.7 Å². The Bertz CT molecular complexity index is 422. The molecule has 0 amide bonds. The van der Waals surface area contributed by atoms with Crippen molar-refractivity contribution >= 4 is 0 Å². The summed E-state index contributed by atoms with van der Waals surface area (Å²) < 4.78 is 13.2. The van der Waals surface area contributed by atoms with Crippen LogP contribution in [0.25, 0.3) is 0 Å². The zero-order chi connectivity index (χ0) is 13.8. The van der Waals surface area contributed by atoms with Gasteiger partial charge in [0.15, 0.2) is 0 Å². The highest BCUT2D eigenvalue weighted by Crippen LogP contribution is 2.10. The van der Waals surface area contributed by atoms with E-state index in [1.165, 1.54) is 6.07 Å². The maximum atomic E-state index is 13.2. The number of benzene rings is 1. The van der Waals surface area contributed by atoms with Crippen molar-refractivity contribution in [2.24, 2.45) is 0 Å². The number of piperazine rings is 1. The second-order valence-electron chi connectivity index (χ2n) is 5.60. The zero-order valence-electron chi connectivity index (χ0n) is 12.1. The lowest BCUT2D eigenvalue weighted by molar-refractivity contribution is 0.113. The highest BCUT2D eigenvalue weighted by atomic mass is 19.1. The van der Waals surface area contributed by atoms with Crippen molar-refractivity contribution < 1.29 is 4.39 Å². The maximum absolute atomic E-state index is 13.2. The molecule has 0 saturated carbocycles. The summed E-state index contributed by atoms with van der Waals surface area (Å²) in [6.07, 6.45) is 0. The van der Waals surface area contributed by atoms with Gasteiger partial charge in [0.1, 0.15) is 5.82 Å². The molecule has 106 valence electrons. The standard InChI is InChI=1S/C15H24FN3/c1-12-4-5-14(16)8-13(12)9-17-10-15-11-18(2)6-7-19(15)3/h4-5,8,15,17H,6-7,9-11H2,1-3H3/t15-/m1/s1. The van der Waals surface area contributed by atoms with Crippen LogP contribution < -0.4 is 5.32 Å². The van der Waals surface area contributed by atoms with Gasteiger partial charge in [-0.15, -0.1) is 0 Å². The Hall–Kier alpha value is -0.970. The minimum absolute atomic E-state index is 0.156. The Kier molecular flexibility index (Phi) is 4.91. The average Bonchev–Trinajstić information content (AvgIpc) is 2.38. The van der Waals surface area contributed by atoms with Gasteiger partial charge in [-0.1, -0.05) is 6.07 Å². The number of hydrogen-bond donors (Lipinski definition) is 1. The van der Waals surface area contributed by atoms with Crippen LogP contribution in [0.4, 0.5) is 4.39 Å². The number of rotatable bonds is 4. The molecule has 0 radical (unpaired) electrons. The van der Waals surface area contributed by atoms with Crippen LogP contribution in [-0.2, 0) is 6.54 Å². The fourth-order valence-electron chi connectivity index (χ4n) is 2.53. The highest BCUT2D eigenvalue weighted by molar-refractivity contribution is 5.26. The summed E-state index contributed by atoms with van der Waals surface area (Å²) in [7, 11) is 4.34. The molecule has 1 heterocycles. The van der Waals surface area contributed by atoms with Gasteiger partial charge in [0, 0.05) is 38.8 Å². The van der Waals surface area contributed by atoms with Crippen molar-refractivity contribution in [2.45, 2.75) is 19.5 Å².